The van der Waals surface area contributed by atoms with E-state index in [0.29, 0.717) is 16.4 Å². The molecule has 1 N–H and O–H groups in total. The summed E-state index contributed by atoms with van der Waals surface area (Å²) in [6.07, 6.45) is 4.38. The molecule has 0 spiro atoms. The number of ether oxygens (including phenoxy) is 2. The first-order valence-corrected chi connectivity index (χ1v) is 8.84. The third-order valence-electron chi connectivity index (χ3n) is 3.53. The Kier molecular flexibility index (Phi) is 8.18. The average Bonchev–Trinajstić information content (AvgIpc) is 3.20. The number of esters is 2. The van der Waals surface area contributed by atoms with Gasteiger partial charge in [0, 0.05) is 28.3 Å². The molecule has 3 aromatic rings. The highest BCUT2D eigenvalue weighted by Gasteiger charge is 2.11. The lowest BCUT2D eigenvalue weighted by Crippen LogP contribution is -2.02. The fourth-order valence-electron chi connectivity index (χ4n) is 2.17. The Morgan fingerprint density at radius 1 is 1.17 bits per heavy atom. The van der Waals surface area contributed by atoms with Gasteiger partial charge in [0.05, 0.1) is 19.7 Å². The van der Waals surface area contributed by atoms with Gasteiger partial charge in [-0.1, -0.05) is 34.4 Å². The molecule has 0 saturated heterocycles. The Labute approximate surface area is 180 Å². The van der Waals surface area contributed by atoms with Gasteiger partial charge in [-0.15, -0.1) is 0 Å². The Hall–Kier alpha value is -3.59. The lowest BCUT2D eigenvalue weighted by atomic mass is 10.2. The number of hydrogen-bond donors (Lipinski definition) is 1. The molecule has 0 aliphatic heterocycles. The molecule has 0 unspecified atom stereocenters. The number of hydrogen-bond acceptors (Lipinski definition) is 7. The monoisotopic (exact) mass is 448 g/mol. The smallest absolute Gasteiger partial charge is 0.354 e. The molecule has 3 aromatic heterocycles. The fourth-order valence-corrected chi connectivity index (χ4v) is 2.56. The van der Waals surface area contributed by atoms with E-state index in [1.807, 2.05) is 0 Å². The summed E-state index contributed by atoms with van der Waals surface area (Å²) in [5.74, 6) is -1.16. The Morgan fingerprint density at radius 3 is 2.50 bits per heavy atom. The fraction of sp³-hybridized carbons (Fsp3) is 0.111. The van der Waals surface area contributed by atoms with E-state index in [2.05, 4.69) is 34.5 Å². The van der Waals surface area contributed by atoms with E-state index in [-0.39, 0.29) is 10.9 Å². The molecule has 3 rings (SSSR count). The van der Waals surface area contributed by atoms with E-state index >= 15 is 0 Å². The second-order valence-electron chi connectivity index (χ2n) is 5.33. The lowest BCUT2D eigenvalue weighted by Gasteiger charge is -1.99. The maximum absolute atomic E-state index is 11.2. The number of carbonyl (C=O) groups is 2. The Bertz CT molecular complexity index is 1150. The van der Waals surface area contributed by atoms with Gasteiger partial charge in [0.15, 0.2) is 0 Å². The largest absolute Gasteiger partial charge is 0.466 e. The molecule has 12 heteroatoms. The van der Waals surface area contributed by atoms with Crippen molar-refractivity contribution in [3.05, 3.63) is 74.4 Å². The van der Waals surface area contributed by atoms with Crippen LogP contribution in [0.2, 0.25) is 10.3 Å². The first-order valence-electron chi connectivity index (χ1n) is 8.08. The highest BCUT2D eigenvalue weighted by molar-refractivity contribution is 6.34. The zero-order valence-electron chi connectivity index (χ0n) is 15.7. The van der Waals surface area contributed by atoms with Gasteiger partial charge in [0.2, 0.25) is 0 Å². The molecule has 0 aromatic carbocycles. The summed E-state index contributed by atoms with van der Waals surface area (Å²) in [6, 6.07) is 6.64. The number of aromatic nitrogens is 3. The van der Waals surface area contributed by atoms with E-state index < -0.39 is 11.9 Å². The number of methoxy groups -OCH3 is 2. The molecule has 0 amide bonds. The van der Waals surface area contributed by atoms with Gasteiger partial charge in [-0.2, -0.15) is 0 Å². The Morgan fingerprint density at radius 2 is 1.90 bits per heavy atom. The molecular weight excluding hydrogens is 435 g/mol. The molecule has 154 valence electrons. The quantitative estimate of drug-likeness (QED) is 0.154. The Balaban J connectivity index is 0.000000215. The summed E-state index contributed by atoms with van der Waals surface area (Å²) in [7, 11) is 2.52. The number of H-pyrrole nitrogens is 1. The topological polar surface area (TPSA) is 143 Å². The number of azide groups is 1. The third kappa shape index (κ3) is 5.71. The van der Waals surface area contributed by atoms with Crippen molar-refractivity contribution in [3.8, 4) is 0 Å². The van der Waals surface area contributed by atoms with Gasteiger partial charge in [-0.05, 0) is 29.8 Å². The minimum absolute atomic E-state index is 0.181. The van der Waals surface area contributed by atoms with Crippen molar-refractivity contribution >= 4 is 52.1 Å². The van der Waals surface area contributed by atoms with Gasteiger partial charge in [0.25, 0.3) is 0 Å². The molecular formula is C18H14Cl2N6O4. The standard InChI is InChI=1S/C9H7ClN4O2.C9H7ClN2O2/c1-16-9(15)7(13-14-11)5-6-3-2-4-12-8(6)10;1-14-9(13)7-4-5-6(12-7)2-3-11-8(5)10/h2-5H,1H3;2-4,12H,1H3/b7-5-;. The number of rotatable bonds is 4. The summed E-state index contributed by atoms with van der Waals surface area (Å²) >= 11 is 11.6. The van der Waals surface area contributed by atoms with Crippen LogP contribution in [-0.2, 0) is 14.3 Å². The van der Waals surface area contributed by atoms with E-state index in [0.717, 1.165) is 10.9 Å². The van der Waals surface area contributed by atoms with Crippen molar-refractivity contribution in [1.82, 2.24) is 15.0 Å². The first kappa shape index (κ1) is 22.7. The van der Waals surface area contributed by atoms with Gasteiger partial charge in [0.1, 0.15) is 21.7 Å². The normalized spacial score (nSPS) is 10.5. The van der Waals surface area contributed by atoms with Crippen molar-refractivity contribution in [2.75, 3.05) is 14.2 Å². The average molecular weight is 449 g/mol. The summed E-state index contributed by atoms with van der Waals surface area (Å²) in [6.45, 7) is 0. The van der Waals surface area contributed by atoms with Crippen LogP contribution in [0.5, 0.6) is 0 Å². The van der Waals surface area contributed by atoms with Crippen molar-refractivity contribution in [1.29, 1.82) is 0 Å². The second-order valence-corrected chi connectivity index (χ2v) is 6.05. The zero-order valence-corrected chi connectivity index (χ0v) is 17.2. The molecule has 3 heterocycles. The van der Waals surface area contributed by atoms with Crippen molar-refractivity contribution in [2.45, 2.75) is 0 Å². The molecule has 0 saturated carbocycles. The van der Waals surface area contributed by atoms with Crippen LogP contribution < -0.4 is 0 Å². The minimum atomic E-state index is -0.738. The number of nitrogens with zero attached hydrogens (tertiary/aromatic N) is 5. The van der Waals surface area contributed by atoms with Crippen molar-refractivity contribution in [2.24, 2.45) is 5.11 Å². The molecule has 0 aliphatic rings. The highest BCUT2D eigenvalue weighted by atomic mass is 35.5. The number of nitrogens with one attached hydrogen (secondary N) is 1. The van der Waals surface area contributed by atoms with Crippen LogP contribution in [0.3, 0.4) is 0 Å². The predicted molar refractivity (Wildman–Crippen MR) is 111 cm³/mol. The number of fused-ring (bicyclic) bond motifs is 1. The minimum Gasteiger partial charge on any atom is -0.466 e. The van der Waals surface area contributed by atoms with Crippen LogP contribution in [0.15, 0.2) is 47.5 Å². The van der Waals surface area contributed by atoms with Crippen LogP contribution >= 0.6 is 23.2 Å². The van der Waals surface area contributed by atoms with Crippen molar-refractivity contribution in [3.63, 3.8) is 0 Å². The van der Waals surface area contributed by atoms with Crippen LogP contribution in [0.4, 0.5) is 0 Å². The summed E-state index contributed by atoms with van der Waals surface area (Å²) in [4.78, 5) is 35.5. The van der Waals surface area contributed by atoms with Gasteiger partial charge >= 0.3 is 11.9 Å². The second kappa shape index (κ2) is 10.8. The van der Waals surface area contributed by atoms with Crippen molar-refractivity contribution < 1.29 is 19.1 Å². The van der Waals surface area contributed by atoms with Gasteiger partial charge < -0.3 is 14.5 Å². The predicted octanol–water partition coefficient (Wildman–Crippen LogP) is 4.56. The van der Waals surface area contributed by atoms with E-state index in [9.17, 15) is 9.59 Å². The maximum Gasteiger partial charge on any atom is 0.354 e. The lowest BCUT2D eigenvalue weighted by molar-refractivity contribution is -0.136. The summed E-state index contributed by atoms with van der Waals surface area (Å²) in [5, 5.41) is 4.50. The van der Waals surface area contributed by atoms with E-state index in [4.69, 9.17) is 28.7 Å². The number of pyridine rings is 2. The number of carbonyl (C=O) groups excluding carboxylic acids is 2. The van der Waals surface area contributed by atoms with Crippen LogP contribution in [0.1, 0.15) is 16.1 Å². The van der Waals surface area contributed by atoms with Gasteiger partial charge in [-0.25, -0.2) is 19.6 Å². The van der Waals surface area contributed by atoms with Crippen LogP contribution in [0, 0.1) is 0 Å². The molecule has 0 radical (unpaired) electrons. The molecule has 0 fully saturated rings. The number of aromatic amines is 1. The first-order chi connectivity index (χ1) is 14.4. The zero-order chi connectivity index (χ0) is 22.1. The molecule has 0 bridgehead atoms. The maximum atomic E-state index is 11.2. The van der Waals surface area contributed by atoms with E-state index in [1.54, 1.807) is 30.5 Å². The number of halogens is 2. The SMILES string of the molecule is COC(=O)/C(=C/c1cccnc1Cl)N=[N+]=[N-].COC(=O)c1cc2c(Cl)nccc2[nH]1. The molecule has 10 nitrogen and oxygen atoms in total. The summed E-state index contributed by atoms with van der Waals surface area (Å²) < 4.78 is 9.01. The van der Waals surface area contributed by atoms with Crippen LogP contribution in [-0.4, -0.2) is 41.1 Å². The molecule has 30 heavy (non-hydrogen) atoms. The molecule has 0 atom stereocenters. The summed E-state index contributed by atoms with van der Waals surface area (Å²) in [5.41, 5.74) is 9.72. The van der Waals surface area contributed by atoms with Crippen LogP contribution in [0.25, 0.3) is 27.4 Å². The van der Waals surface area contributed by atoms with E-state index in [1.165, 1.54) is 26.5 Å². The third-order valence-corrected chi connectivity index (χ3v) is 4.15. The van der Waals surface area contributed by atoms with Gasteiger partial charge in [-0.3, -0.25) is 0 Å². The molecule has 0 aliphatic carbocycles. The highest BCUT2D eigenvalue weighted by Crippen LogP contribution is 2.22.